The molecular weight excluding hydrogens is 284 g/mol. The predicted molar refractivity (Wildman–Crippen MR) is 69.8 cm³/mol. The van der Waals surface area contributed by atoms with E-state index in [0.29, 0.717) is 23.2 Å². The van der Waals surface area contributed by atoms with E-state index in [9.17, 15) is 9.59 Å². The minimum atomic E-state index is -1.30. The summed E-state index contributed by atoms with van der Waals surface area (Å²) >= 11 is 0.667. The van der Waals surface area contributed by atoms with Crippen LogP contribution in [0.3, 0.4) is 0 Å². The molecule has 0 saturated heterocycles. The lowest BCUT2D eigenvalue weighted by Crippen LogP contribution is -2.11. The summed E-state index contributed by atoms with van der Waals surface area (Å²) in [5.74, 6) is -1.12. The first kappa shape index (κ1) is 13.9. The number of ketones is 1. The number of hydrogen-bond donors (Lipinski definition) is 1. The van der Waals surface area contributed by atoms with Crippen molar-refractivity contribution in [2.24, 2.45) is 0 Å². The van der Waals surface area contributed by atoms with E-state index in [1.54, 1.807) is 12.1 Å². The van der Waals surface area contributed by atoms with Crippen LogP contribution in [0.5, 0.6) is 11.5 Å². The largest absolute Gasteiger partial charge is 0.497 e. The molecule has 1 heterocycles. The van der Waals surface area contributed by atoms with Crippen LogP contribution < -0.4 is 9.47 Å². The van der Waals surface area contributed by atoms with Crippen molar-refractivity contribution >= 4 is 23.5 Å². The lowest BCUT2D eigenvalue weighted by molar-refractivity contribution is 0.0687. The Bertz CT molecular complexity index is 668. The number of aromatic carboxylic acids is 1. The number of carbonyl (C=O) groups is 2. The van der Waals surface area contributed by atoms with Crippen molar-refractivity contribution in [1.82, 2.24) is 8.75 Å². The number of methoxy groups -OCH3 is 2. The van der Waals surface area contributed by atoms with Crippen LogP contribution >= 0.6 is 11.7 Å². The van der Waals surface area contributed by atoms with Gasteiger partial charge in [0.15, 0.2) is 11.4 Å². The molecule has 0 atom stereocenters. The van der Waals surface area contributed by atoms with E-state index in [0.717, 1.165) is 0 Å². The molecule has 0 radical (unpaired) electrons. The van der Waals surface area contributed by atoms with Crippen LogP contribution in [0.2, 0.25) is 0 Å². The summed E-state index contributed by atoms with van der Waals surface area (Å²) in [6.45, 7) is 0. The summed E-state index contributed by atoms with van der Waals surface area (Å²) < 4.78 is 17.5. The van der Waals surface area contributed by atoms with Gasteiger partial charge in [-0.25, -0.2) is 4.79 Å². The van der Waals surface area contributed by atoms with Crippen LogP contribution in [0.25, 0.3) is 0 Å². The molecule has 0 amide bonds. The van der Waals surface area contributed by atoms with Crippen molar-refractivity contribution < 1.29 is 24.2 Å². The third-order valence-corrected chi connectivity index (χ3v) is 3.09. The zero-order chi connectivity index (χ0) is 14.7. The second kappa shape index (κ2) is 5.66. The van der Waals surface area contributed by atoms with Crippen LogP contribution in [0.4, 0.5) is 0 Å². The number of aromatic nitrogens is 2. The van der Waals surface area contributed by atoms with E-state index >= 15 is 0 Å². The van der Waals surface area contributed by atoms with Crippen LogP contribution in [0.1, 0.15) is 26.5 Å². The Kier molecular flexibility index (Phi) is 3.94. The molecule has 7 nitrogen and oxygen atoms in total. The van der Waals surface area contributed by atoms with Gasteiger partial charge < -0.3 is 14.6 Å². The minimum Gasteiger partial charge on any atom is -0.497 e. The summed E-state index contributed by atoms with van der Waals surface area (Å²) in [6, 6.07) is 4.66. The number of hydrogen-bond acceptors (Lipinski definition) is 7. The standard InChI is InChI=1S/C12H10N2O5S/c1-18-6-3-4-8(19-2)7(5-6)11(15)9-10(12(16)17)14-20-13-9/h3-5H,1-2H3,(H,16,17). The number of nitrogens with zero attached hydrogens (tertiary/aromatic N) is 2. The van der Waals surface area contributed by atoms with Crippen molar-refractivity contribution in [3.05, 3.63) is 35.2 Å². The van der Waals surface area contributed by atoms with Crippen LogP contribution in [-0.4, -0.2) is 39.8 Å². The van der Waals surface area contributed by atoms with Crippen LogP contribution in [-0.2, 0) is 0 Å². The molecule has 1 aromatic heterocycles. The third-order valence-electron chi connectivity index (χ3n) is 2.56. The molecule has 1 N–H and O–H groups in total. The van der Waals surface area contributed by atoms with Crippen molar-refractivity contribution in [3.63, 3.8) is 0 Å². The van der Waals surface area contributed by atoms with Gasteiger partial charge in [0.05, 0.1) is 31.5 Å². The monoisotopic (exact) mass is 294 g/mol. The van der Waals surface area contributed by atoms with Gasteiger partial charge in [0.2, 0.25) is 5.78 Å². The summed E-state index contributed by atoms with van der Waals surface area (Å²) in [5, 5.41) is 8.97. The highest BCUT2D eigenvalue weighted by Crippen LogP contribution is 2.26. The molecule has 0 saturated carbocycles. The molecular formula is C12H10N2O5S. The van der Waals surface area contributed by atoms with E-state index in [-0.39, 0.29) is 17.0 Å². The lowest BCUT2D eigenvalue weighted by atomic mass is 10.1. The molecule has 2 aromatic rings. The fourth-order valence-corrected chi connectivity index (χ4v) is 2.13. The molecule has 0 aliphatic heterocycles. The second-order valence-corrected chi connectivity index (χ2v) is 4.19. The van der Waals surface area contributed by atoms with Gasteiger partial charge in [-0.15, -0.1) is 0 Å². The summed E-state index contributed by atoms with van der Waals surface area (Å²) in [6.07, 6.45) is 0. The molecule has 0 spiro atoms. The first-order valence-electron chi connectivity index (χ1n) is 5.41. The number of rotatable bonds is 5. The molecule has 0 fully saturated rings. The smallest absolute Gasteiger partial charge is 0.358 e. The van der Waals surface area contributed by atoms with Crippen LogP contribution in [0.15, 0.2) is 18.2 Å². The highest BCUT2D eigenvalue weighted by atomic mass is 32.1. The Balaban J connectivity index is 2.52. The molecule has 1 aromatic carbocycles. The average molecular weight is 294 g/mol. The highest BCUT2D eigenvalue weighted by Gasteiger charge is 2.25. The van der Waals surface area contributed by atoms with E-state index in [4.69, 9.17) is 14.6 Å². The van der Waals surface area contributed by atoms with Crippen molar-refractivity contribution in [1.29, 1.82) is 0 Å². The van der Waals surface area contributed by atoms with E-state index in [1.807, 2.05) is 0 Å². The Morgan fingerprint density at radius 2 is 1.85 bits per heavy atom. The molecule has 0 bridgehead atoms. The summed E-state index contributed by atoms with van der Waals surface area (Å²) in [4.78, 5) is 23.4. The zero-order valence-electron chi connectivity index (χ0n) is 10.6. The van der Waals surface area contributed by atoms with E-state index < -0.39 is 11.8 Å². The van der Waals surface area contributed by atoms with Gasteiger partial charge in [-0.05, 0) is 18.2 Å². The molecule has 0 aliphatic carbocycles. The Hall–Kier alpha value is -2.48. The van der Waals surface area contributed by atoms with E-state index in [1.165, 1.54) is 20.3 Å². The maximum absolute atomic E-state index is 12.4. The molecule has 0 aliphatic rings. The fraction of sp³-hybridized carbons (Fsp3) is 0.167. The average Bonchev–Trinajstić information content (AvgIpc) is 2.95. The second-order valence-electron chi connectivity index (χ2n) is 3.66. The topological polar surface area (TPSA) is 98.6 Å². The normalized spacial score (nSPS) is 10.1. The first-order valence-corrected chi connectivity index (χ1v) is 6.14. The van der Waals surface area contributed by atoms with E-state index in [2.05, 4.69) is 8.75 Å². The van der Waals surface area contributed by atoms with Crippen molar-refractivity contribution in [2.75, 3.05) is 14.2 Å². The van der Waals surface area contributed by atoms with Gasteiger partial charge in [-0.3, -0.25) is 4.79 Å². The van der Waals surface area contributed by atoms with Crippen LogP contribution in [0, 0.1) is 0 Å². The van der Waals surface area contributed by atoms with Gasteiger partial charge in [0.25, 0.3) is 0 Å². The van der Waals surface area contributed by atoms with Gasteiger partial charge >= 0.3 is 5.97 Å². The summed E-state index contributed by atoms with van der Waals surface area (Å²) in [5.41, 5.74) is -0.416. The number of carbonyl (C=O) groups excluding carboxylic acids is 1. The van der Waals surface area contributed by atoms with Crippen molar-refractivity contribution in [2.45, 2.75) is 0 Å². The Morgan fingerprint density at radius 3 is 2.45 bits per heavy atom. The molecule has 104 valence electrons. The highest BCUT2D eigenvalue weighted by molar-refractivity contribution is 6.99. The Morgan fingerprint density at radius 1 is 1.15 bits per heavy atom. The molecule has 0 unspecified atom stereocenters. The zero-order valence-corrected chi connectivity index (χ0v) is 11.4. The maximum Gasteiger partial charge on any atom is 0.358 e. The molecule has 20 heavy (non-hydrogen) atoms. The maximum atomic E-state index is 12.4. The predicted octanol–water partition coefficient (Wildman–Crippen LogP) is 1.48. The molecule has 2 rings (SSSR count). The quantitative estimate of drug-likeness (QED) is 0.834. The number of benzene rings is 1. The lowest BCUT2D eigenvalue weighted by Gasteiger charge is -2.08. The third kappa shape index (κ3) is 2.45. The Labute approximate surface area is 118 Å². The minimum absolute atomic E-state index is 0.169. The van der Waals surface area contributed by atoms with Gasteiger partial charge in [-0.2, -0.15) is 8.75 Å². The summed E-state index contributed by atoms with van der Waals surface area (Å²) in [7, 11) is 2.87. The van der Waals surface area contributed by atoms with Crippen molar-refractivity contribution in [3.8, 4) is 11.5 Å². The fourth-order valence-electron chi connectivity index (χ4n) is 1.60. The number of carboxylic acids is 1. The van der Waals surface area contributed by atoms with Gasteiger partial charge in [0, 0.05) is 0 Å². The SMILES string of the molecule is COc1ccc(OC)c(C(=O)c2nsnc2C(=O)O)c1. The number of ether oxygens (including phenoxy) is 2. The van der Waals surface area contributed by atoms with Gasteiger partial charge in [0.1, 0.15) is 11.5 Å². The first-order chi connectivity index (χ1) is 9.58. The number of carboxylic acid groups (broad SMARTS) is 1. The van der Waals surface area contributed by atoms with Gasteiger partial charge in [-0.1, -0.05) is 0 Å². The molecule has 8 heteroatoms.